The van der Waals surface area contributed by atoms with Crippen LogP contribution in [0.25, 0.3) is 0 Å². The van der Waals surface area contributed by atoms with Crippen LogP contribution >= 0.6 is 11.6 Å². The minimum absolute atomic E-state index is 0.0226. The van der Waals surface area contributed by atoms with Crippen molar-refractivity contribution in [3.8, 4) is 0 Å². The van der Waals surface area contributed by atoms with Crippen molar-refractivity contribution in [2.45, 2.75) is 16.1 Å². The predicted octanol–water partition coefficient (Wildman–Crippen LogP) is 2.45. The molecule has 1 aliphatic carbocycles. The quantitative estimate of drug-likeness (QED) is 0.826. The molecular weight excluding hydrogens is 369 g/mol. The lowest BCUT2D eigenvalue weighted by Crippen LogP contribution is -2.31. The number of carboxylic acid groups (broad SMARTS) is 1. The fourth-order valence-corrected chi connectivity index (χ4v) is 5.87. The van der Waals surface area contributed by atoms with Crippen molar-refractivity contribution in [2.75, 3.05) is 6.54 Å². The van der Waals surface area contributed by atoms with E-state index in [0.29, 0.717) is 10.6 Å². The molecule has 2 aromatic carbocycles. The lowest BCUT2D eigenvalue weighted by atomic mass is 9.99. The van der Waals surface area contributed by atoms with E-state index in [1.807, 2.05) is 0 Å². The molecule has 3 atom stereocenters. The van der Waals surface area contributed by atoms with Gasteiger partial charge in [0.05, 0.1) is 10.1 Å². The van der Waals surface area contributed by atoms with Crippen LogP contribution in [0.15, 0.2) is 53.4 Å². The Bertz CT molecular complexity index is 915. The number of carbonyl (C=O) groups is 1. The van der Waals surface area contributed by atoms with E-state index in [0.717, 1.165) is 0 Å². The second kappa shape index (κ2) is 6.09. The SMILES string of the molecule is NC[C@]1(C(=O)O)[C@H](c2ccc(F)cc2)[C@@H]1S(=O)(=O)c1ccc(Cl)cc1. The van der Waals surface area contributed by atoms with Gasteiger partial charge in [-0.25, -0.2) is 12.8 Å². The summed E-state index contributed by atoms with van der Waals surface area (Å²) < 4.78 is 39.2. The summed E-state index contributed by atoms with van der Waals surface area (Å²) in [4.78, 5) is 11.8. The highest BCUT2D eigenvalue weighted by molar-refractivity contribution is 7.92. The van der Waals surface area contributed by atoms with Crippen LogP contribution in [0.1, 0.15) is 11.5 Å². The van der Waals surface area contributed by atoms with E-state index in [1.54, 1.807) is 0 Å². The average Bonchev–Trinajstić information content (AvgIpc) is 3.27. The van der Waals surface area contributed by atoms with Gasteiger partial charge >= 0.3 is 5.97 Å². The first-order chi connectivity index (χ1) is 11.7. The molecule has 0 radical (unpaired) electrons. The molecule has 1 saturated carbocycles. The molecule has 3 rings (SSSR count). The Kier molecular flexibility index (Phi) is 4.35. The summed E-state index contributed by atoms with van der Waals surface area (Å²) >= 11 is 5.79. The number of carboxylic acids is 1. The minimum atomic E-state index is -3.97. The minimum Gasteiger partial charge on any atom is -0.481 e. The summed E-state index contributed by atoms with van der Waals surface area (Å²) in [5.74, 6) is -2.63. The van der Waals surface area contributed by atoms with Crippen LogP contribution in [0.5, 0.6) is 0 Å². The van der Waals surface area contributed by atoms with E-state index in [4.69, 9.17) is 17.3 Å². The van der Waals surface area contributed by atoms with E-state index >= 15 is 0 Å². The highest BCUT2D eigenvalue weighted by Gasteiger charge is 2.75. The topological polar surface area (TPSA) is 97.5 Å². The first kappa shape index (κ1) is 17.8. The second-order valence-electron chi connectivity index (χ2n) is 6.00. The van der Waals surface area contributed by atoms with Crippen LogP contribution < -0.4 is 5.73 Å². The molecule has 0 bridgehead atoms. The average molecular weight is 384 g/mol. The standard InChI is InChI=1S/C17H15ClFNO4S/c18-11-3-7-13(8-4-11)25(23,24)15-14(17(15,9-20)16(21)22)10-1-5-12(19)6-2-10/h1-8,14-15H,9,20H2,(H,21,22)/t14-,15+,17+/m1/s1. The number of halogens is 2. The van der Waals surface area contributed by atoms with E-state index in [-0.39, 0.29) is 11.4 Å². The van der Waals surface area contributed by atoms with Crippen molar-refractivity contribution in [3.63, 3.8) is 0 Å². The van der Waals surface area contributed by atoms with Gasteiger partial charge in [-0.3, -0.25) is 4.79 Å². The van der Waals surface area contributed by atoms with E-state index in [1.165, 1.54) is 48.5 Å². The molecular formula is C17H15ClFNO4S. The van der Waals surface area contributed by atoms with Gasteiger partial charge in [0.25, 0.3) is 0 Å². The number of rotatable bonds is 5. The first-order valence-corrected chi connectivity index (χ1v) is 9.36. The third-order valence-electron chi connectivity index (χ3n) is 4.70. The first-order valence-electron chi connectivity index (χ1n) is 7.43. The summed E-state index contributed by atoms with van der Waals surface area (Å²) in [6, 6.07) is 10.6. The monoisotopic (exact) mass is 383 g/mol. The fraction of sp³-hybridized carbons (Fsp3) is 0.235. The Morgan fingerprint density at radius 2 is 1.72 bits per heavy atom. The summed E-state index contributed by atoms with van der Waals surface area (Å²) in [7, 11) is -3.97. The maximum absolute atomic E-state index is 13.2. The molecule has 0 amide bonds. The molecule has 0 heterocycles. The van der Waals surface area contributed by atoms with Gasteiger partial charge in [-0.05, 0) is 42.0 Å². The second-order valence-corrected chi connectivity index (χ2v) is 8.50. The zero-order valence-corrected chi connectivity index (χ0v) is 14.5. The van der Waals surface area contributed by atoms with Crippen molar-refractivity contribution in [1.29, 1.82) is 0 Å². The summed E-state index contributed by atoms with van der Waals surface area (Å²) in [6.45, 7) is -0.345. The van der Waals surface area contributed by atoms with Crippen LogP contribution in [0.2, 0.25) is 5.02 Å². The van der Waals surface area contributed by atoms with Crippen LogP contribution in [0.4, 0.5) is 4.39 Å². The number of sulfone groups is 1. The van der Waals surface area contributed by atoms with Crippen molar-refractivity contribution in [1.82, 2.24) is 0 Å². The predicted molar refractivity (Wildman–Crippen MR) is 90.7 cm³/mol. The van der Waals surface area contributed by atoms with E-state index in [2.05, 4.69) is 0 Å². The van der Waals surface area contributed by atoms with Crippen LogP contribution in [-0.4, -0.2) is 31.3 Å². The van der Waals surface area contributed by atoms with Gasteiger partial charge in [-0.15, -0.1) is 0 Å². The van der Waals surface area contributed by atoms with Gasteiger partial charge in [-0.1, -0.05) is 23.7 Å². The molecule has 0 spiro atoms. The molecule has 3 N–H and O–H groups in total. The lowest BCUT2D eigenvalue weighted by Gasteiger charge is -2.10. The maximum Gasteiger partial charge on any atom is 0.312 e. The zero-order valence-electron chi connectivity index (χ0n) is 12.9. The van der Waals surface area contributed by atoms with Gasteiger partial charge in [0.15, 0.2) is 9.84 Å². The van der Waals surface area contributed by atoms with Gasteiger partial charge in [-0.2, -0.15) is 0 Å². The fourth-order valence-electron chi connectivity index (χ4n) is 3.36. The molecule has 25 heavy (non-hydrogen) atoms. The third-order valence-corrected chi connectivity index (χ3v) is 7.24. The van der Waals surface area contributed by atoms with Crippen molar-refractivity contribution in [2.24, 2.45) is 11.1 Å². The molecule has 0 aliphatic heterocycles. The van der Waals surface area contributed by atoms with Crippen molar-refractivity contribution >= 4 is 27.4 Å². The Morgan fingerprint density at radius 1 is 1.16 bits per heavy atom. The molecule has 0 saturated heterocycles. The zero-order chi connectivity index (χ0) is 18.4. The Morgan fingerprint density at radius 3 is 2.20 bits per heavy atom. The molecule has 1 aliphatic rings. The summed E-state index contributed by atoms with van der Waals surface area (Å²) in [5, 5.41) is 8.82. The Balaban J connectivity index is 2.10. The van der Waals surface area contributed by atoms with Crippen LogP contribution in [-0.2, 0) is 14.6 Å². The number of hydrogen-bond donors (Lipinski definition) is 2. The van der Waals surface area contributed by atoms with Crippen molar-refractivity contribution < 1.29 is 22.7 Å². The van der Waals surface area contributed by atoms with Gasteiger partial charge in [0.2, 0.25) is 0 Å². The Labute approximate surface area is 149 Å². The van der Waals surface area contributed by atoms with Crippen molar-refractivity contribution in [3.05, 3.63) is 64.9 Å². The molecule has 1 fully saturated rings. The number of aliphatic carboxylic acids is 1. The highest BCUT2D eigenvalue weighted by atomic mass is 35.5. The largest absolute Gasteiger partial charge is 0.481 e. The molecule has 0 aromatic heterocycles. The lowest BCUT2D eigenvalue weighted by molar-refractivity contribution is -0.143. The number of nitrogens with two attached hydrogens (primary N) is 1. The molecule has 0 unspecified atom stereocenters. The highest BCUT2D eigenvalue weighted by Crippen LogP contribution is 2.63. The maximum atomic E-state index is 13.2. The van der Waals surface area contributed by atoms with E-state index in [9.17, 15) is 22.7 Å². The smallest absolute Gasteiger partial charge is 0.312 e. The van der Waals surface area contributed by atoms with Crippen LogP contribution in [0, 0.1) is 11.2 Å². The molecule has 132 valence electrons. The Hall–Kier alpha value is -1.96. The van der Waals surface area contributed by atoms with E-state index < -0.39 is 38.2 Å². The number of hydrogen-bond acceptors (Lipinski definition) is 4. The normalized spacial score (nSPS) is 25.6. The van der Waals surface area contributed by atoms with Gasteiger partial charge in [0.1, 0.15) is 11.2 Å². The summed E-state index contributed by atoms with van der Waals surface area (Å²) in [5.41, 5.74) is 4.46. The van der Waals surface area contributed by atoms with Gasteiger partial charge in [0, 0.05) is 17.5 Å². The molecule has 2 aromatic rings. The third kappa shape index (κ3) is 2.72. The van der Waals surface area contributed by atoms with Crippen LogP contribution in [0.3, 0.4) is 0 Å². The molecule has 5 nitrogen and oxygen atoms in total. The molecule has 8 heteroatoms. The number of benzene rings is 2. The van der Waals surface area contributed by atoms with Gasteiger partial charge < -0.3 is 10.8 Å². The summed E-state index contributed by atoms with van der Waals surface area (Å²) in [6.07, 6.45) is 0.